The second-order valence-electron chi connectivity index (χ2n) is 9.54. The SMILES string of the molecule is C/C(=C(\C1=NONC1C(C)N1CCN(C(C)N=CCCC(C)Cl)CC1)[N+](=O)[O-])N1CCCCC1. The third kappa shape index (κ3) is 6.90. The van der Waals surface area contributed by atoms with Gasteiger partial charge in [0.1, 0.15) is 6.04 Å². The third-order valence-corrected chi connectivity index (χ3v) is 7.39. The molecule has 10 nitrogen and oxygen atoms in total. The summed E-state index contributed by atoms with van der Waals surface area (Å²) < 4.78 is 0. The summed E-state index contributed by atoms with van der Waals surface area (Å²) in [5.41, 5.74) is 4.05. The number of hydrogen-bond donors (Lipinski definition) is 1. The number of hydroxylamine groups is 1. The van der Waals surface area contributed by atoms with Gasteiger partial charge in [-0.3, -0.25) is 29.8 Å². The van der Waals surface area contributed by atoms with Gasteiger partial charge in [-0.05, 0) is 59.8 Å². The van der Waals surface area contributed by atoms with E-state index in [0.717, 1.165) is 65.0 Å². The Bertz CT molecular complexity index is 775. The van der Waals surface area contributed by atoms with Crippen molar-refractivity contribution in [3.63, 3.8) is 0 Å². The molecule has 34 heavy (non-hydrogen) atoms. The standard InChI is InChI=1S/C23H40ClN7O3/c1-17(24)9-8-10-25-20(4)30-15-13-29(14-16-30)18(2)21-22(27-34-26-21)23(31(32)33)19(3)28-11-6-5-7-12-28/h10,17-18,20-21,26H,5-9,11-16H2,1-4H3/b23-19-,25-10?. The zero-order chi connectivity index (χ0) is 24.7. The van der Waals surface area contributed by atoms with Crippen molar-refractivity contribution in [1.82, 2.24) is 20.2 Å². The van der Waals surface area contributed by atoms with Crippen molar-refractivity contribution < 1.29 is 9.86 Å². The van der Waals surface area contributed by atoms with Gasteiger partial charge in [0.05, 0.1) is 16.8 Å². The van der Waals surface area contributed by atoms with E-state index < -0.39 is 0 Å². The fourth-order valence-corrected chi connectivity index (χ4v) is 5.03. The van der Waals surface area contributed by atoms with Crippen molar-refractivity contribution in [3.05, 3.63) is 21.5 Å². The fraction of sp³-hybridized carbons (Fsp3) is 0.826. The van der Waals surface area contributed by atoms with E-state index in [2.05, 4.69) is 44.2 Å². The molecule has 2 fully saturated rings. The first-order chi connectivity index (χ1) is 16.3. The number of alkyl halides is 1. The molecule has 4 atom stereocenters. The van der Waals surface area contributed by atoms with Crippen LogP contribution in [0.4, 0.5) is 0 Å². The summed E-state index contributed by atoms with van der Waals surface area (Å²) in [7, 11) is 0. The van der Waals surface area contributed by atoms with E-state index in [4.69, 9.17) is 16.5 Å². The van der Waals surface area contributed by atoms with Gasteiger partial charge in [-0.25, -0.2) is 0 Å². The Morgan fingerprint density at radius 2 is 1.85 bits per heavy atom. The van der Waals surface area contributed by atoms with Gasteiger partial charge in [-0.2, -0.15) is 0 Å². The van der Waals surface area contributed by atoms with Gasteiger partial charge in [-0.1, -0.05) is 5.16 Å². The van der Waals surface area contributed by atoms with Crippen LogP contribution < -0.4 is 5.48 Å². The zero-order valence-corrected chi connectivity index (χ0v) is 21.7. The summed E-state index contributed by atoms with van der Waals surface area (Å²) in [5, 5.41) is 16.3. The number of likely N-dealkylation sites (tertiary alicyclic amines) is 1. The number of nitrogens with one attached hydrogen (secondary N) is 1. The van der Waals surface area contributed by atoms with Gasteiger partial charge in [-0.15, -0.1) is 17.1 Å². The summed E-state index contributed by atoms with van der Waals surface area (Å²) in [5.74, 6) is 0. The van der Waals surface area contributed by atoms with E-state index in [9.17, 15) is 10.1 Å². The van der Waals surface area contributed by atoms with E-state index >= 15 is 0 Å². The molecule has 0 aromatic rings. The third-order valence-electron chi connectivity index (χ3n) is 7.17. The predicted octanol–water partition coefficient (Wildman–Crippen LogP) is 3.07. The van der Waals surface area contributed by atoms with E-state index in [1.165, 1.54) is 6.42 Å². The van der Waals surface area contributed by atoms with Crippen molar-refractivity contribution in [1.29, 1.82) is 0 Å². The predicted molar refractivity (Wildman–Crippen MR) is 136 cm³/mol. The first-order valence-electron chi connectivity index (χ1n) is 12.5. The number of piperidine rings is 1. The lowest BCUT2D eigenvalue weighted by Crippen LogP contribution is -2.57. The van der Waals surface area contributed by atoms with E-state index in [1.54, 1.807) is 0 Å². The van der Waals surface area contributed by atoms with Crippen LogP contribution in [0.5, 0.6) is 0 Å². The van der Waals surface area contributed by atoms with Crippen LogP contribution in [-0.2, 0) is 4.94 Å². The van der Waals surface area contributed by atoms with Crippen LogP contribution in [0, 0.1) is 10.1 Å². The average molecular weight is 498 g/mol. The first kappa shape index (κ1) is 26.8. The highest BCUT2D eigenvalue weighted by molar-refractivity contribution is 6.20. The highest BCUT2D eigenvalue weighted by Crippen LogP contribution is 2.24. The molecule has 11 heteroatoms. The molecule has 4 unspecified atom stereocenters. The minimum Gasteiger partial charge on any atom is -0.369 e. The number of oxime groups is 1. The Morgan fingerprint density at radius 1 is 1.21 bits per heavy atom. The maximum Gasteiger partial charge on any atom is 0.314 e. The van der Waals surface area contributed by atoms with Gasteiger partial charge in [0, 0.05) is 56.9 Å². The van der Waals surface area contributed by atoms with Crippen molar-refractivity contribution >= 4 is 23.5 Å². The van der Waals surface area contributed by atoms with Gasteiger partial charge in [0.15, 0.2) is 5.71 Å². The highest BCUT2D eigenvalue weighted by Gasteiger charge is 2.42. The lowest BCUT2D eigenvalue weighted by Gasteiger charge is -2.40. The van der Waals surface area contributed by atoms with E-state index in [0.29, 0.717) is 11.4 Å². The van der Waals surface area contributed by atoms with Crippen molar-refractivity contribution in [2.45, 2.75) is 83.4 Å². The Balaban J connectivity index is 1.61. The summed E-state index contributed by atoms with van der Waals surface area (Å²) in [6, 6.07) is -0.365. The number of hydrogen-bond acceptors (Lipinski definition) is 9. The topological polar surface area (TPSA) is 98.8 Å². The molecule has 0 saturated carbocycles. The molecule has 3 rings (SSSR count). The van der Waals surface area contributed by atoms with Crippen molar-refractivity contribution in [2.24, 2.45) is 10.1 Å². The summed E-state index contributed by atoms with van der Waals surface area (Å²) >= 11 is 6.00. The lowest BCUT2D eigenvalue weighted by molar-refractivity contribution is -0.417. The minimum absolute atomic E-state index is 0.00322. The molecular weight excluding hydrogens is 458 g/mol. The van der Waals surface area contributed by atoms with Gasteiger partial charge < -0.3 is 4.90 Å². The minimum atomic E-state index is -0.361. The largest absolute Gasteiger partial charge is 0.369 e. The summed E-state index contributed by atoms with van der Waals surface area (Å²) in [6.07, 6.45) is 7.22. The molecule has 3 aliphatic heterocycles. The normalized spacial score (nSPS) is 26.1. The van der Waals surface area contributed by atoms with Crippen molar-refractivity contribution in [2.75, 3.05) is 39.3 Å². The van der Waals surface area contributed by atoms with Gasteiger partial charge in [0.2, 0.25) is 0 Å². The molecule has 0 aromatic carbocycles. The number of allylic oxidation sites excluding steroid dienone is 1. The second-order valence-corrected chi connectivity index (χ2v) is 10.3. The Hall–Kier alpha value is -1.75. The average Bonchev–Trinajstić information content (AvgIpc) is 3.30. The number of halogens is 1. The molecule has 0 spiro atoms. The number of rotatable bonds is 10. The molecule has 1 N–H and O–H groups in total. The molecular formula is C23H40ClN7O3. The molecule has 0 amide bonds. The Labute approximate surface area is 208 Å². The number of aliphatic imine (C=N–C) groups is 1. The second kappa shape index (κ2) is 12.8. The maximum absolute atomic E-state index is 12.1. The quantitative estimate of drug-likeness (QED) is 0.214. The number of nitro groups is 1. The molecule has 192 valence electrons. The fourth-order valence-electron chi connectivity index (χ4n) is 4.91. The molecule has 3 heterocycles. The zero-order valence-electron chi connectivity index (χ0n) is 21.0. The molecule has 0 bridgehead atoms. The van der Waals surface area contributed by atoms with Gasteiger partial charge in [0.25, 0.3) is 0 Å². The van der Waals surface area contributed by atoms with Crippen LogP contribution >= 0.6 is 11.6 Å². The van der Waals surface area contributed by atoms with Crippen LogP contribution in [0.25, 0.3) is 0 Å². The molecule has 0 aromatic heterocycles. The van der Waals surface area contributed by atoms with E-state index in [-0.39, 0.29) is 34.2 Å². The summed E-state index contributed by atoms with van der Waals surface area (Å²) in [4.78, 5) is 28.5. The van der Waals surface area contributed by atoms with Crippen LogP contribution in [0.2, 0.25) is 0 Å². The first-order valence-corrected chi connectivity index (χ1v) is 13.0. The van der Waals surface area contributed by atoms with Crippen LogP contribution in [-0.4, -0.2) is 94.4 Å². The number of nitrogens with zero attached hydrogens (tertiary/aromatic N) is 6. The smallest absolute Gasteiger partial charge is 0.314 e. The van der Waals surface area contributed by atoms with Crippen LogP contribution in [0.15, 0.2) is 21.5 Å². The summed E-state index contributed by atoms with van der Waals surface area (Å²) in [6.45, 7) is 13.2. The molecule has 0 radical (unpaired) electrons. The Morgan fingerprint density at radius 3 is 2.47 bits per heavy atom. The lowest BCUT2D eigenvalue weighted by atomic mass is 9.99. The van der Waals surface area contributed by atoms with Crippen LogP contribution in [0.3, 0.4) is 0 Å². The van der Waals surface area contributed by atoms with Crippen LogP contribution in [0.1, 0.15) is 59.8 Å². The Kier molecular flexibility index (Phi) is 10.1. The van der Waals surface area contributed by atoms with Crippen molar-refractivity contribution in [3.8, 4) is 0 Å². The maximum atomic E-state index is 12.1. The number of piperazine rings is 1. The highest BCUT2D eigenvalue weighted by atomic mass is 35.5. The van der Waals surface area contributed by atoms with E-state index in [1.807, 2.05) is 20.1 Å². The molecule has 2 saturated heterocycles. The van der Waals surface area contributed by atoms with Gasteiger partial charge >= 0.3 is 5.70 Å². The monoisotopic (exact) mass is 497 g/mol. The molecule has 0 aliphatic carbocycles. The molecule has 3 aliphatic rings.